The Hall–Kier alpha value is -2.31. The molecular formula is C16H12ClN3. The number of halogens is 1. The average Bonchev–Trinajstić information content (AvgIpc) is 2.87. The molecule has 0 fully saturated rings. The van der Waals surface area contributed by atoms with Gasteiger partial charge in [-0.3, -0.25) is 4.57 Å². The van der Waals surface area contributed by atoms with Gasteiger partial charge in [-0.05, 0) is 29.8 Å². The third-order valence-corrected chi connectivity index (χ3v) is 3.47. The number of nitriles is 1. The minimum atomic E-state index is 0.356. The molecule has 98 valence electrons. The molecule has 0 saturated heterocycles. The Morgan fingerprint density at radius 2 is 1.85 bits per heavy atom. The molecule has 0 spiro atoms. The van der Waals surface area contributed by atoms with Gasteiger partial charge >= 0.3 is 0 Å². The molecule has 0 bridgehead atoms. The van der Waals surface area contributed by atoms with E-state index in [0.29, 0.717) is 12.3 Å². The first-order chi connectivity index (χ1) is 9.83. The van der Waals surface area contributed by atoms with Gasteiger partial charge in [0, 0.05) is 5.69 Å². The fourth-order valence-electron chi connectivity index (χ4n) is 2.31. The smallest absolute Gasteiger partial charge is 0.129 e. The predicted octanol–water partition coefficient (Wildman–Crippen LogP) is 3.83. The van der Waals surface area contributed by atoms with Gasteiger partial charge in [-0.1, -0.05) is 24.3 Å². The highest BCUT2D eigenvalue weighted by atomic mass is 35.5. The molecule has 0 atom stereocenters. The van der Waals surface area contributed by atoms with Crippen LogP contribution >= 0.6 is 11.6 Å². The van der Waals surface area contributed by atoms with Crippen molar-refractivity contribution < 1.29 is 0 Å². The molecular weight excluding hydrogens is 270 g/mol. The van der Waals surface area contributed by atoms with Crippen molar-refractivity contribution in [3.8, 4) is 11.8 Å². The lowest BCUT2D eigenvalue weighted by atomic mass is 10.1. The third kappa shape index (κ3) is 2.15. The van der Waals surface area contributed by atoms with Crippen molar-refractivity contribution >= 4 is 22.6 Å². The van der Waals surface area contributed by atoms with Crippen molar-refractivity contribution in [3.05, 3.63) is 59.9 Å². The van der Waals surface area contributed by atoms with Crippen molar-refractivity contribution in [3.63, 3.8) is 0 Å². The van der Waals surface area contributed by atoms with Gasteiger partial charge in [-0.25, -0.2) is 4.98 Å². The molecule has 0 aliphatic heterocycles. The summed E-state index contributed by atoms with van der Waals surface area (Å²) in [7, 11) is 0. The SMILES string of the molecule is N#CCc1ccc(-n2c(CCl)nc3ccccc32)cc1. The van der Waals surface area contributed by atoms with Crippen molar-refractivity contribution in [1.29, 1.82) is 5.26 Å². The van der Waals surface area contributed by atoms with Crippen molar-refractivity contribution in [1.82, 2.24) is 9.55 Å². The van der Waals surface area contributed by atoms with Crippen LogP contribution in [0, 0.1) is 11.3 Å². The largest absolute Gasteiger partial charge is 0.295 e. The van der Waals surface area contributed by atoms with Gasteiger partial charge in [0.15, 0.2) is 0 Å². The second-order valence-corrected chi connectivity index (χ2v) is 4.75. The lowest BCUT2D eigenvalue weighted by Gasteiger charge is -2.08. The number of hydrogen-bond donors (Lipinski definition) is 0. The van der Waals surface area contributed by atoms with E-state index in [4.69, 9.17) is 16.9 Å². The molecule has 2 aromatic carbocycles. The predicted molar refractivity (Wildman–Crippen MR) is 79.9 cm³/mol. The van der Waals surface area contributed by atoms with Crippen LogP contribution in [0.15, 0.2) is 48.5 Å². The Morgan fingerprint density at radius 3 is 2.55 bits per heavy atom. The van der Waals surface area contributed by atoms with Crippen molar-refractivity contribution in [2.75, 3.05) is 0 Å². The molecule has 1 heterocycles. The molecule has 0 aliphatic rings. The quantitative estimate of drug-likeness (QED) is 0.685. The molecule has 3 rings (SSSR count). The minimum Gasteiger partial charge on any atom is -0.295 e. The lowest BCUT2D eigenvalue weighted by molar-refractivity contribution is 0.980. The van der Waals surface area contributed by atoms with E-state index in [-0.39, 0.29) is 0 Å². The number of rotatable bonds is 3. The van der Waals surface area contributed by atoms with Crippen LogP contribution < -0.4 is 0 Å². The van der Waals surface area contributed by atoms with E-state index in [1.54, 1.807) is 0 Å². The zero-order valence-electron chi connectivity index (χ0n) is 10.8. The molecule has 0 amide bonds. The summed E-state index contributed by atoms with van der Waals surface area (Å²) in [4.78, 5) is 4.54. The van der Waals surface area contributed by atoms with E-state index in [1.807, 2.05) is 48.5 Å². The molecule has 1 aromatic heterocycles. The Balaban J connectivity index is 2.15. The highest BCUT2D eigenvalue weighted by molar-refractivity contribution is 6.17. The molecule has 20 heavy (non-hydrogen) atoms. The number of imidazole rings is 1. The second kappa shape index (κ2) is 5.36. The third-order valence-electron chi connectivity index (χ3n) is 3.23. The first kappa shape index (κ1) is 12.7. The highest BCUT2D eigenvalue weighted by Crippen LogP contribution is 2.22. The summed E-state index contributed by atoms with van der Waals surface area (Å²) in [6, 6.07) is 18.0. The van der Waals surface area contributed by atoms with Crippen LogP contribution in [0.2, 0.25) is 0 Å². The summed E-state index contributed by atoms with van der Waals surface area (Å²) < 4.78 is 2.05. The Morgan fingerprint density at radius 1 is 1.10 bits per heavy atom. The average molecular weight is 282 g/mol. The molecule has 0 aliphatic carbocycles. The number of alkyl halides is 1. The van der Waals surface area contributed by atoms with Crippen LogP contribution in [0.3, 0.4) is 0 Å². The monoisotopic (exact) mass is 281 g/mol. The fraction of sp³-hybridized carbons (Fsp3) is 0.125. The van der Waals surface area contributed by atoms with Crippen LogP contribution in [-0.4, -0.2) is 9.55 Å². The lowest BCUT2D eigenvalue weighted by Crippen LogP contribution is -1.99. The zero-order valence-corrected chi connectivity index (χ0v) is 11.5. The number of fused-ring (bicyclic) bond motifs is 1. The van der Waals surface area contributed by atoms with E-state index in [2.05, 4.69) is 15.6 Å². The maximum Gasteiger partial charge on any atom is 0.129 e. The highest BCUT2D eigenvalue weighted by Gasteiger charge is 2.10. The van der Waals surface area contributed by atoms with Gasteiger partial charge in [0.25, 0.3) is 0 Å². The molecule has 3 nitrogen and oxygen atoms in total. The van der Waals surface area contributed by atoms with Crippen molar-refractivity contribution in [2.24, 2.45) is 0 Å². The normalized spacial score (nSPS) is 10.6. The molecule has 4 heteroatoms. The number of para-hydroxylation sites is 2. The van der Waals surface area contributed by atoms with Gasteiger partial charge in [0.05, 0.1) is 29.4 Å². The van der Waals surface area contributed by atoms with Crippen LogP contribution in [0.1, 0.15) is 11.4 Å². The van der Waals surface area contributed by atoms with Crippen LogP contribution in [-0.2, 0) is 12.3 Å². The Kier molecular flexibility index (Phi) is 3.41. The molecule has 3 aromatic rings. The summed E-state index contributed by atoms with van der Waals surface area (Å²) in [5.41, 5.74) is 3.99. The van der Waals surface area contributed by atoms with Gasteiger partial charge in [-0.15, -0.1) is 11.6 Å². The fourth-order valence-corrected chi connectivity index (χ4v) is 2.49. The topological polar surface area (TPSA) is 41.6 Å². The van der Waals surface area contributed by atoms with Crippen LogP contribution in [0.25, 0.3) is 16.7 Å². The summed E-state index contributed by atoms with van der Waals surface area (Å²) in [5.74, 6) is 1.18. The summed E-state index contributed by atoms with van der Waals surface area (Å²) in [6.45, 7) is 0. The molecule has 0 saturated carbocycles. The summed E-state index contributed by atoms with van der Waals surface area (Å²) in [6.07, 6.45) is 0.424. The van der Waals surface area contributed by atoms with E-state index >= 15 is 0 Å². The number of benzene rings is 2. The van der Waals surface area contributed by atoms with E-state index in [0.717, 1.165) is 28.1 Å². The van der Waals surface area contributed by atoms with Gasteiger partial charge in [0.2, 0.25) is 0 Å². The zero-order chi connectivity index (χ0) is 13.9. The van der Waals surface area contributed by atoms with Crippen LogP contribution in [0.4, 0.5) is 0 Å². The Bertz CT molecular complexity index is 782. The van der Waals surface area contributed by atoms with E-state index in [1.165, 1.54) is 0 Å². The number of hydrogen-bond acceptors (Lipinski definition) is 2. The number of nitrogens with zero attached hydrogens (tertiary/aromatic N) is 3. The van der Waals surface area contributed by atoms with Crippen LogP contribution in [0.5, 0.6) is 0 Å². The molecule has 0 unspecified atom stereocenters. The summed E-state index contributed by atoms with van der Waals surface area (Å²) in [5, 5.41) is 8.71. The minimum absolute atomic E-state index is 0.356. The first-order valence-electron chi connectivity index (χ1n) is 6.32. The standard InChI is InChI=1S/C16H12ClN3/c17-11-16-19-14-3-1-2-4-15(14)20(16)13-7-5-12(6-8-13)9-10-18/h1-8H,9,11H2. The maximum absolute atomic E-state index is 8.71. The second-order valence-electron chi connectivity index (χ2n) is 4.49. The van der Waals surface area contributed by atoms with E-state index in [9.17, 15) is 0 Å². The van der Waals surface area contributed by atoms with Gasteiger partial charge < -0.3 is 0 Å². The van der Waals surface area contributed by atoms with Gasteiger partial charge in [0.1, 0.15) is 5.82 Å². The molecule has 0 N–H and O–H groups in total. The Labute approximate surface area is 122 Å². The first-order valence-corrected chi connectivity index (χ1v) is 6.85. The summed E-state index contributed by atoms with van der Waals surface area (Å²) >= 11 is 6.01. The number of aromatic nitrogens is 2. The van der Waals surface area contributed by atoms with Gasteiger partial charge in [-0.2, -0.15) is 5.26 Å². The molecule has 0 radical (unpaired) electrons. The van der Waals surface area contributed by atoms with Crippen molar-refractivity contribution in [2.45, 2.75) is 12.3 Å². The van der Waals surface area contributed by atoms with E-state index < -0.39 is 0 Å². The maximum atomic E-state index is 8.71.